The zero-order valence-corrected chi connectivity index (χ0v) is 18.6. The molecule has 4 nitrogen and oxygen atoms in total. The van der Waals surface area contributed by atoms with Crippen molar-refractivity contribution in [2.24, 2.45) is 5.92 Å². The Morgan fingerprint density at radius 2 is 2.00 bits per heavy atom. The molecular weight excluding hydrogens is 392 g/mol. The van der Waals surface area contributed by atoms with E-state index in [2.05, 4.69) is 36.9 Å². The molecule has 3 aliphatic heterocycles. The van der Waals surface area contributed by atoms with Gasteiger partial charge in [0.15, 0.2) is 6.10 Å². The Morgan fingerprint density at radius 3 is 2.70 bits per heavy atom. The number of ether oxygens (including phenoxy) is 1. The minimum absolute atomic E-state index is 0.0444. The molecule has 0 aliphatic carbocycles. The van der Waals surface area contributed by atoms with Crippen molar-refractivity contribution in [1.29, 1.82) is 0 Å². The predicted octanol–water partition coefficient (Wildman–Crippen LogP) is 5.51. The molecule has 4 heterocycles. The van der Waals surface area contributed by atoms with Crippen LogP contribution in [0.2, 0.25) is 0 Å². The molecule has 2 aromatic rings. The van der Waals surface area contributed by atoms with Crippen LogP contribution in [0.3, 0.4) is 0 Å². The van der Waals surface area contributed by atoms with E-state index in [1.54, 1.807) is 16.2 Å². The van der Waals surface area contributed by atoms with E-state index in [9.17, 15) is 4.79 Å². The number of hydrogen-bond acceptors (Lipinski definition) is 3. The highest BCUT2D eigenvalue weighted by atomic mass is 32.1. The molecule has 5 heteroatoms. The molecule has 3 fully saturated rings. The second-order valence-corrected chi connectivity index (χ2v) is 9.65. The third kappa shape index (κ3) is 4.96. The SMILES string of the molecule is C=CCCN(C(=O)O[C@H]1C[N+]2(CCCc3ccccc3)CCC1CC2)c1cccs1. The van der Waals surface area contributed by atoms with Crippen LogP contribution in [-0.2, 0) is 11.2 Å². The number of nitrogens with zero attached hydrogens (tertiary/aromatic N) is 2. The number of quaternary nitrogens is 1. The summed E-state index contributed by atoms with van der Waals surface area (Å²) in [5.41, 5.74) is 1.42. The van der Waals surface area contributed by atoms with Crippen molar-refractivity contribution in [3.63, 3.8) is 0 Å². The molecule has 0 saturated carbocycles. The average Bonchev–Trinajstić information content (AvgIpc) is 3.30. The fraction of sp³-hybridized carbons (Fsp3) is 0.480. The van der Waals surface area contributed by atoms with Gasteiger partial charge in [0.05, 0.1) is 19.6 Å². The fourth-order valence-corrected chi connectivity index (χ4v) is 5.81. The maximum absolute atomic E-state index is 13.1. The van der Waals surface area contributed by atoms with Gasteiger partial charge >= 0.3 is 6.09 Å². The summed E-state index contributed by atoms with van der Waals surface area (Å²) in [6.07, 6.45) is 7.14. The number of aryl methyl sites for hydroxylation is 1. The lowest BCUT2D eigenvalue weighted by atomic mass is 9.83. The van der Waals surface area contributed by atoms with E-state index in [0.29, 0.717) is 12.5 Å². The first kappa shape index (κ1) is 21.1. The topological polar surface area (TPSA) is 29.5 Å². The van der Waals surface area contributed by atoms with Crippen molar-refractivity contribution >= 4 is 22.4 Å². The van der Waals surface area contributed by atoms with E-state index in [0.717, 1.165) is 28.9 Å². The third-order valence-corrected chi connectivity index (χ3v) is 7.67. The number of thiophene rings is 1. The first-order chi connectivity index (χ1) is 14.7. The Labute approximate surface area is 184 Å². The number of hydrogen-bond donors (Lipinski definition) is 0. The first-order valence-electron chi connectivity index (χ1n) is 11.2. The predicted molar refractivity (Wildman–Crippen MR) is 124 cm³/mol. The number of fused-ring (bicyclic) bond motifs is 3. The monoisotopic (exact) mass is 425 g/mol. The molecule has 2 bridgehead atoms. The highest BCUT2D eigenvalue weighted by molar-refractivity contribution is 7.14. The van der Waals surface area contributed by atoms with Crippen LogP contribution in [0.15, 0.2) is 60.5 Å². The van der Waals surface area contributed by atoms with Gasteiger partial charge in [-0.3, -0.25) is 4.90 Å². The number of rotatable bonds is 9. The van der Waals surface area contributed by atoms with Gasteiger partial charge in [-0.1, -0.05) is 36.4 Å². The van der Waals surface area contributed by atoms with Gasteiger partial charge in [-0.2, -0.15) is 0 Å². The van der Waals surface area contributed by atoms with Crippen molar-refractivity contribution in [2.45, 2.75) is 38.2 Å². The Balaban J connectivity index is 1.36. The third-order valence-electron chi connectivity index (χ3n) is 6.78. The van der Waals surface area contributed by atoms with E-state index >= 15 is 0 Å². The quantitative estimate of drug-likeness (QED) is 0.392. The minimum Gasteiger partial charge on any atom is -0.440 e. The van der Waals surface area contributed by atoms with Crippen LogP contribution < -0.4 is 4.90 Å². The lowest BCUT2D eigenvalue weighted by Crippen LogP contribution is -2.65. The van der Waals surface area contributed by atoms with Crippen molar-refractivity contribution in [2.75, 3.05) is 37.6 Å². The zero-order chi connectivity index (χ0) is 20.8. The van der Waals surface area contributed by atoms with Crippen LogP contribution in [0.25, 0.3) is 0 Å². The molecule has 5 rings (SSSR count). The van der Waals surface area contributed by atoms with Crippen molar-refractivity contribution in [1.82, 2.24) is 0 Å². The molecule has 30 heavy (non-hydrogen) atoms. The van der Waals surface area contributed by atoms with E-state index in [1.165, 1.54) is 44.5 Å². The Morgan fingerprint density at radius 1 is 1.20 bits per heavy atom. The lowest BCUT2D eigenvalue weighted by Gasteiger charge is -2.52. The summed E-state index contributed by atoms with van der Waals surface area (Å²) in [6.45, 7) is 9.05. The molecule has 3 aliphatic rings. The van der Waals surface area contributed by atoms with Gasteiger partial charge in [-0.25, -0.2) is 4.79 Å². The molecular formula is C25H33N2O2S+. The zero-order valence-electron chi connectivity index (χ0n) is 17.7. The summed E-state index contributed by atoms with van der Waals surface area (Å²) in [4.78, 5) is 14.8. The van der Waals surface area contributed by atoms with E-state index in [-0.39, 0.29) is 12.2 Å². The molecule has 0 spiro atoms. The summed E-state index contributed by atoms with van der Waals surface area (Å²) in [5, 5.41) is 2.96. The van der Waals surface area contributed by atoms with Crippen LogP contribution in [0.5, 0.6) is 0 Å². The van der Waals surface area contributed by atoms with Crippen LogP contribution >= 0.6 is 11.3 Å². The lowest BCUT2D eigenvalue weighted by molar-refractivity contribution is -0.946. The maximum Gasteiger partial charge on any atom is 0.415 e. The van der Waals surface area contributed by atoms with Crippen molar-refractivity contribution in [3.8, 4) is 0 Å². The summed E-state index contributed by atoms with van der Waals surface area (Å²) in [5.74, 6) is 0.521. The Bertz CT molecular complexity index is 813. The van der Waals surface area contributed by atoms with Gasteiger partial charge in [-0.15, -0.1) is 17.9 Å². The molecule has 1 amide bonds. The highest BCUT2D eigenvalue weighted by Crippen LogP contribution is 2.36. The summed E-state index contributed by atoms with van der Waals surface area (Å²) >= 11 is 1.58. The Hall–Kier alpha value is -2.11. The number of piperidine rings is 3. The molecule has 0 radical (unpaired) electrons. The van der Waals surface area contributed by atoms with Crippen molar-refractivity contribution < 1.29 is 14.0 Å². The first-order valence-corrected chi connectivity index (χ1v) is 12.1. The summed E-state index contributed by atoms with van der Waals surface area (Å²) in [7, 11) is 0. The number of amides is 1. The Kier molecular flexibility index (Phi) is 6.90. The van der Waals surface area contributed by atoms with Gasteiger partial charge < -0.3 is 9.22 Å². The van der Waals surface area contributed by atoms with Crippen LogP contribution in [0.1, 0.15) is 31.2 Å². The van der Waals surface area contributed by atoms with Crippen molar-refractivity contribution in [3.05, 3.63) is 66.1 Å². The smallest absolute Gasteiger partial charge is 0.415 e. The van der Waals surface area contributed by atoms with Crippen LogP contribution in [0.4, 0.5) is 9.80 Å². The van der Waals surface area contributed by atoms with E-state index in [1.807, 2.05) is 23.6 Å². The molecule has 3 saturated heterocycles. The molecule has 1 aromatic heterocycles. The molecule has 1 atom stereocenters. The van der Waals surface area contributed by atoms with Gasteiger partial charge in [0.25, 0.3) is 0 Å². The van der Waals surface area contributed by atoms with Gasteiger partial charge in [0.2, 0.25) is 0 Å². The largest absolute Gasteiger partial charge is 0.440 e. The van der Waals surface area contributed by atoms with Gasteiger partial charge in [0, 0.05) is 31.7 Å². The number of anilines is 1. The second-order valence-electron chi connectivity index (χ2n) is 8.72. The normalized spacial score (nSPS) is 25.1. The standard InChI is InChI=1S/C25H33N2O2S/c1-2-3-15-26(24-12-8-19-30-24)25(28)29-23-20-27(17-13-22(23)14-18-27)16-7-11-21-9-5-4-6-10-21/h2,4-6,8-10,12,19,22-23H,1,3,7,11,13-18,20H2/q+1/t22?,23-,27?/m0/s1. The number of carbonyl (C=O) groups excluding carboxylic acids is 1. The summed E-state index contributed by atoms with van der Waals surface area (Å²) < 4.78 is 7.26. The van der Waals surface area contributed by atoms with Gasteiger partial charge in [0.1, 0.15) is 11.5 Å². The molecule has 1 aromatic carbocycles. The minimum atomic E-state index is -0.194. The molecule has 160 valence electrons. The fourth-order valence-electron chi connectivity index (χ4n) is 5.06. The summed E-state index contributed by atoms with van der Waals surface area (Å²) in [6, 6.07) is 14.7. The van der Waals surface area contributed by atoms with E-state index in [4.69, 9.17) is 4.74 Å². The molecule has 0 N–H and O–H groups in total. The van der Waals surface area contributed by atoms with E-state index < -0.39 is 0 Å². The average molecular weight is 426 g/mol. The number of carbonyl (C=O) groups is 1. The maximum atomic E-state index is 13.1. The van der Waals surface area contributed by atoms with Crippen LogP contribution in [-0.4, -0.2) is 49.4 Å². The molecule has 0 unspecified atom stereocenters. The second kappa shape index (κ2) is 9.80. The number of benzene rings is 1. The van der Waals surface area contributed by atoms with Gasteiger partial charge in [-0.05, 0) is 35.9 Å². The highest BCUT2D eigenvalue weighted by Gasteiger charge is 2.47. The van der Waals surface area contributed by atoms with Crippen LogP contribution in [0, 0.1) is 5.92 Å².